The van der Waals surface area contributed by atoms with Crippen LogP contribution in [-0.2, 0) is 23.0 Å². The number of fused-ring (bicyclic) bond motifs is 1. The van der Waals surface area contributed by atoms with Crippen molar-refractivity contribution in [3.05, 3.63) is 29.3 Å². The molecule has 0 saturated carbocycles. The Hall–Kier alpha value is -0.950. The van der Waals surface area contributed by atoms with Gasteiger partial charge >= 0.3 is 0 Å². The average Bonchev–Trinajstić information content (AvgIpc) is 2.59. The molecule has 134 valence electrons. The van der Waals surface area contributed by atoms with E-state index < -0.39 is 10.0 Å². The number of piperidine rings is 1. The summed E-state index contributed by atoms with van der Waals surface area (Å²) in [6, 6.07) is 6.14. The van der Waals surface area contributed by atoms with Crippen molar-refractivity contribution < 1.29 is 8.42 Å². The second-order valence-electron chi connectivity index (χ2n) is 6.99. The molecule has 0 aliphatic carbocycles. The van der Waals surface area contributed by atoms with Gasteiger partial charge in [-0.1, -0.05) is 12.5 Å². The van der Waals surface area contributed by atoms with Gasteiger partial charge in [0.25, 0.3) is 0 Å². The van der Waals surface area contributed by atoms with Gasteiger partial charge in [-0.15, -0.1) is 0 Å². The molecule has 6 heteroatoms. The lowest BCUT2D eigenvalue weighted by Gasteiger charge is -2.33. The Kier molecular flexibility index (Phi) is 5.92. The van der Waals surface area contributed by atoms with Crippen LogP contribution in [-0.4, -0.2) is 45.5 Å². The summed E-state index contributed by atoms with van der Waals surface area (Å²) >= 11 is 0. The van der Waals surface area contributed by atoms with Crippen molar-refractivity contribution in [2.45, 2.75) is 56.5 Å². The molecule has 0 amide bonds. The van der Waals surface area contributed by atoms with Crippen LogP contribution >= 0.6 is 0 Å². The van der Waals surface area contributed by atoms with Crippen LogP contribution in [0.15, 0.2) is 23.1 Å². The second kappa shape index (κ2) is 7.95. The van der Waals surface area contributed by atoms with Gasteiger partial charge in [0.2, 0.25) is 10.0 Å². The number of likely N-dealkylation sites (tertiary alicyclic amines) is 1. The van der Waals surface area contributed by atoms with E-state index in [1.54, 1.807) is 6.07 Å². The predicted molar refractivity (Wildman–Crippen MR) is 96.5 cm³/mol. The van der Waals surface area contributed by atoms with Crippen molar-refractivity contribution in [2.24, 2.45) is 0 Å². The number of hydrogen-bond donors (Lipinski definition) is 2. The highest BCUT2D eigenvalue weighted by Gasteiger charge is 2.19. The molecule has 1 aromatic rings. The monoisotopic (exact) mass is 351 g/mol. The number of hydrogen-bond acceptors (Lipinski definition) is 4. The van der Waals surface area contributed by atoms with Crippen molar-refractivity contribution in [3.8, 4) is 0 Å². The van der Waals surface area contributed by atoms with E-state index >= 15 is 0 Å². The van der Waals surface area contributed by atoms with Gasteiger partial charge in [-0.2, -0.15) is 0 Å². The van der Waals surface area contributed by atoms with Crippen molar-refractivity contribution in [3.63, 3.8) is 0 Å². The Balaban J connectivity index is 1.52. The van der Waals surface area contributed by atoms with Crippen LogP contribution in [0.4, 0.5) is 0 Å². The first-order valence-electron chi connectivity index (χ1n) is 9.12. The summed E-state index contributed by atoms with van der Waals surface area (Å²) in [7, 11) is -3.41. The molecule has 0 radical (unpaired) electrons. The smallest absolute Gasteiger partial charge is 0.240 e. The minimum atomic E-state index is -3.41. The molecule has 5 nitrogen and oxygen atoms in total. The van der Waals surface area contributed by atoms with Crippen LogP contribution in [0.1, 0.15) is 43.7 Å². The maximum atomic E-state index is 12.5. The van der Waals surface area contributed by atoms with Gasteiger partial charge in [0, 0.05) is 19.1 Å². The summed E-state index contributed by atoms with van der Waals surface area (Å²) in [4.78, 5) is 2.86. The molecule has 24 heavy (non-hydrogen) atoms. The molecule has 0 bridgehead atoms. The van der Waals surface area contributed by atoms with E-state index in [1.807, 2.05) is 12.1 Å². The van der Waals surface area contributed by atoms with Gasteiger partial charge in [-0.3, -0.25) is 0 Å². The summed E-state index contributed by atoms with van der Waals surface area (Å²) in [5.41, 5.74) is 2.36. The van der Waals surface area contributed by atoms with Gasteiger partial charge in [0.1, 0.15) is 0 Å². The van der Waals surface area contributed by atoms with Gasteiger partial charge in [-0.05, 0) is 75.5 Å². The Labute approximate surface area is 145 Å². The molecule has 2 N–H and O–H groups in total. The van der Waals surface area contributed by atoms with Crippen LogP contribution < -0.4 is 10.0 Å². The van der Waals surface area contributed by atoms with Crippen molar-refractivity contribution in [2.75, 3.05) is 26.2 Å². The molecule has 3 rings (SSSR count). The minimum Gasteiger partial charge on any atom is -0.312 e. The van der Waals surface area contributed by atoms with Crippen molar-refractivity contribution in [1.82, 2.24) is 14.9 Å². The second-order valence-corrected chi connectivity index (χ2v) is 8.76. The molecule has 0 spiro atoms. The lowest BCUT2D eigenvalue weighted by atomic mass is 10.0. The maximum absolute atomic E-state index is 12.5. The lowest BCUT2D eigenvalue weighted by molar-refractivity contribution is 0.159. The fourth-order valence-corrected chi connectivity index (χ4v) is 4.81. The standard InChI is InChI=1S/C18H29N3O2S/c1-15-5-2-3-11-21(15)12-4-9-20-24(22,23)18-7-6-16-8-10-19-14-17(16)13-18/h6-7,13,15,19-20H,2-5,8-12,14H2,1H3. The molecular weight excluding hydrogens is 322 g/mol. The first kappa shape index (κ1) is 17.9. The molecule has 0 aromatic heterocycles. The summed E-state index contributed by atoms with van der Waals surface area (Å²) in [5, 5.41) is 3.29. The first-order chi connectivity index (χ1) is 11.6. The van der Waals surface area contributed by atoms with Crippen molar-refractivity contribution in [1.29, 1.82) is 0 Å². The zero-order valence-electron chi connectivity index (χ0n) is 14.6. The Bertz CT molecular complexity index is 660. The fraction of sp³-hybridized carbons (Fsp3) is 0.667. The third-order valence-electron chi connectivity index (χ3n) is 5.23. The minimum absolute atomic E-state index is 0.385. The van der Waals surface area contributed by atoms with E-state index in [2.05, 4.69) is 21.9 Å². The van der Waals surface area contributed by atoms with Crippen molar-refractivity contribution >= 4 is 10.0 Å². The van der Waals surface area contributed by atoms with Crippen LogP contribution in [0.2, 0.25) is 0 Å². The summed E-state index contributed by atoms with van der Waals surface area (Å²) < 4.78 is 27.7. The SMILES string of the molecule is CC1CCCCN1CCCNS(=O)(=O)c1ccc2c(c1)CNCC2. The van der Waals surface area contributed by atoms with Crippen LogP contribution in [0.3, 0.4) is 0 Å². The summed E-state index contributed by atoms with van der Waals surface area (Å²) in [6.45, 7) is 6.60. The molecule has 1 saturated heterocycles. The first-order valence-corrected chi connectivity index (χ1v) is 10.6. The third kappa shape index (κ3) is 4.36. The number of sulfonamides is 1. The maximum Gasteiger partial charge on any atom is 0.240 e. The highest BCUT2D eigenvalue weighted by atomic mass is 32.2. The molecule has 1 unspecified atom stereocenters. The largest absolute Gasteiger partial charge is 0.312 e. The number of benzene rings is 1. The van der Waals surface area contributed by atoms with Crippen LogP contribution in [0, 0.1) is 0 Å². The zero-order valence-corrected chi connectivity index (χ0v) is 15.4. The molecule has 2 aliphatic heterocycles. The van der Waals surface area contributed by atoms with E-state index in [0.717, 1.165) is 44.6 Å². The average molecular weight is 352 g/mol. The molecule has 1 fully saturated rings. The Morgan fingerprint density at radius 3 is 3.00 bits per heavy atom. The third-order valence-corrected chi connectivity index (χ3v) is 6.69. The van der Waals surface area contributed by atoms with E-state index in [4.69, 9.17) is 0 Å². The Morgan fingerprint density at radius 1 is 1.29 bits per heavy atom. The van der Waals surface area contributed by atoms with Gasteiger partial charge in [0.05, 0.1) is 4.90 Å². The highest BCUT2D eigenvalue weighted by molar-refractivity contribution is 7.89. The molecule has 2 heterocycles. The lowest BCUT2D eigenvalue weighted by Crippen LogP contribution is -2.39. The molecular formula is C18H29N3O2S. The summed E-state index contributed by atoms with van der Waals surface area (Å²) in [6.07, 6.45) is 5.67. The molecule has 1 atom stereocenters. The topological polar surface area (TPSA) is 61.4 Å². The quantitative estimate of drug-likeness (QED) is 0.768. The van der Waals surface area contributed by atoms with Gasteiger partial charge in [-0.25, -0.2) is 13.1 Å². The number of nitrogens with one attached hydrogen (secondary N) is 2. The van der Waals surface area contributed by atoms with E-state index in [0.29, 0.717) is 17.5 Å². The van der Waals surface area contributed by atoms with Crippen LogP contribution in [0.25, 0.3) is 0 Å². The van der Waals surface area contributed by atoms with Crippen LogP contribution in [0.5, 0.6) is 0 Å². The predicted octanol–water partition coefficient (Wildman–Crippen LogP) is 1.88. The van der Waals surface area contributed by atoms with E-state index in [9.17, 15) is 8.42 Å². The Morgan fingerprint density at radius 2 is 2.17 bits per heavy atom. The number of nitrogens with zero attached hydrogens (tertiary/aromatic N) is 1. The number of rotatable bonds is 6. The van der Waals surface area contributed by atoms with Gasteiger partial charge in [0.15, 0.2) is 0 Å². The summed E-state index contributed by atoms with van der Waals surface area (Å²) in [5.74, 6) is 0. The molecule has 1 aromatic carbocycles. The van der Waals surface area contributed by atoms with E-state index in [1.165, 1.54) is 24.8 Å². The normalized spacial score (nSPS) is 22.3. The van der Waals surface area contributed by atoms with E-state index in [-0.39, 0.29) is 0 Å². The highest BCUT2D eigenvalue weighted by Crippen LogP contribution is 2.19. The zero-order chi connectivity index (χ0) is 17.0. The molecule has 2 aliphatic rings. The fourth-order valence-electron chi connectivity index (χ4n) is 3.69. The van der Waals surface area contributed by atoms with Gasteiger partial charge < -0.3 is 10.2 Å².